The summed E-state index contributed by atoms with van der Waals surface area (Å²) in [6.45, 7) is 6.62. The second-order valence-corrected chi connectivity index (χ2v) is 5.48. The Morgan fingerprint density at radius 2 is 1.87 bits per heavy atom. The van der Waals surface area contributed by atoms with Crippen LogP contribution in [0.1, 0.15) is 18.1 Å². The highest BCUT2D eigenvalue weighted by Gasteiger charge is 2.13. The van der Waals surface area contributed by atoms with Crippen LogP contribution in [-0.4, -0.2) is 25.2 Å². The highest BCUT2D eigenvalue weighted by atomic mass is 16.5. The van der Waals surface area contributed by atoms with Gasteiger partial charge in [-0.1, -0.05) is 30.3 Å². The second-order valence-electron chi connectivity index (χ2n) is 5.48. The van der Waals surface area contributed by atoms with Gasteiger partial charge < -0.3 is 14.8 Å². The van der Waals surface area contributed by atoms with E-state index in [1.165, 1.54) is 0 Å². The SMILES string of the molecule is Cc1ccc(C)c(OCCNC(=O)C(C)Oc2ccccc2)c1. The average molecular weight is 313 g/mol. The summed E-state index contributed by atoms with van der Waals surface area (Å²) in [7, 11) is 0. The topological polar surface area (TPSA) is 47.6 Å². The molecule has 0 fully saturated rings. The Labute approximate surface area is 137 Å². The Balaban J connectivity index is 1.73. The van der Waals surface area contributed by atoms with Crippen molar-refractivity contribution in [2.45, 2.75) is 26.9 Å². The van der Waals surface area contributed by atoms with Crippen LogP contribution in [0.5, 0.6) is 11.5 Å². The summed E-state index contributed by atoms with van der Waals surface area (Å²) < 4.78 is 11.3. The van der Waals surface area contributed by atoms with E-state index in [0.29, 0.717) is 18.9 Å². The molecule has 0 aliphatic carbocycles. The van der Waals surface area contributed by atoms with Crippen LogP contribution in [0.15, 0.2) is 48.5 Å². The van der Waals surface area contributed by atoms with Gasteiger partial charge in [0.2, 0.25) is 0 Å². The minimum Gasteiger partial charge on any atom is -0.491 e. The molecular formula is C19H23NO3. The first-order valence-corrected chi connectivity index (χ1v) is 7.76. The number of hydrogen-bond acceptors (Lipinski definition) is 3. The Morgan fingerprint density at radius 3 is 2.61 bits per heavy atom. The molecule has 0 aliphatic heterocycles. The Hall–Kier alpha value is -2.49. The van der Waals surface area contributed by atoms with Crippen molar-refractivity contribution in [3.05, 3.63) is 59.7 Å². The number of aryl methyl sites for hydroxylation is 2. The summed E-state index contributed by atoms with van der Waals surface area (Å²) in [4.78, 5) is 12.0. The summed E-state index contributed by atoms with van der Waals surface area (Å²) >= 11 is 0. The third kappa shape index (κ3) is 5.33. The number of carbonyl (C=O) groups excluding carboxylic acids is 1. The molecule has 0 aromatic heterocycles. The molecule has 23 heavy (non-hydrogen) atoms. The molecule has 0 saturated carbocycles. The molecule has 4 heteroatoms. The van der Waals surface area contributed by atoms with E-state index >= 15 is 0 Å². The number of rotatable bonds is 7. The van der Waals surface area contributed by atoms with Crippen molar-refractivity contribution >= 4 is 5.91 Å². The summed E-state index contributed by atoms with van der Waals surface area (Å²) in [6.07, 6.45) is -0.543. The molecule has 2 aromatic carbocycles. The molecule has 1 N–H and O–H groups in total. The monoisotopic (exact) mass is 313 g/mol. The number of carbonyl (C=O) groups is 1. The van der Waals surface area contributed by atoms with Crippen LogP contribution in [0.3, 0.4) is 0 Å². The third-order valence-electron chi connectivity index (χ3n) is 3.43. The highest BCUT2D eigenvalue weighted by Crippen LogP contribution is 2.18. The summed E-state index contributed by atoms with van der Waals surface area (Å²) in [5, 5.41) is 2.82. The zero-order valence-corrected chi connectivity index (χ0v) is 13.8. The largest absolute Gasteiger partial charge is 0.491 e. The van der Waals surface area contributed by atoms with Crippen LogP contribution in [0, 0.1) is 13.8 Å². The lowest BCUT2D eigenvalue weighted by Crippen LogP contribution is -2.38. The summed E-state index contributed by atoms with van der Waals surface area (Å²) in [5.74, 6) is 1.38. The number of nitrogens with one attached hydrogen (secondary N) is 1. The van der Waals surface area contributed by atoms with Crippen molar-refractivity contribution in [3.8, 4) is 11.5 Å². The Bertz CT molecular complexity index is 640. The summed E-state index contributed by atoms with van der Waals surface area (Å²) in [6, 6.07) is 15.4. The molecule has 0 radical (unpaired) electrons. The first-order valence-electron chi connectivity index (χ1n) is 7.76. The van der Waals surface area contributed by atoms with Gasteiger partial charge in [-0.3, -0.25) is 4.79 Å². The molecule has 2 rings (SSSR count). The molecular weight excluding hydrogens is 290 g/mol. The quantitative estimate of drug-likeness (QED) is 0.798. The van der Waals surface area contributed by atoms with E-state index in [4.69, 9.17) is 9.47 Å². The second kappa shape index (κ2) is 8.22. The van der Waals surface area contributed by atoms with Gasteiger partial charge in [0.25, 0.3) is 5.91 Å². The standard InChI is InChI=1S/C19H23NO3/c1-14-9-10-15(2)18(13-14)22-12-11-20-19(21)16(3)23-17-7-5-4-6-8-17/h4-10,13,16H,11-12H2,1-3H3,(H,20,21). The third-order valence-corrected chi connectivity index (χ3v) is 3.43. The predicted molar refractivity (Wildman–Crippen MR) is 91.0 cm³/mol. The van der Waals surface area contributed by atoms with Crippen LogP contribution < -0.4 is 14.8 Å². The van der Waals surface area contributed by atoms with Gasteiger partial charge in [0.05, 0.1) is 6.54 Å². The fraction of sp³-hybridized carbons (Fsp3) is 0.316. The van der Waals surface area contributed by atoms with E-state index in [1.807, 2.05) is 62.4 Å². The Kier molecular flexibility index (Phi) is 6.03. The maximum atomic E-state index is 12.0. The molecule has 0 saturated heterocycles. The molecule has 0 heterocycles. The van der Waals surface area contributed by atoms with Gasteiger partial charge in [0.1, 0.15) is 18.1 Å². The Morgan fingerprint density at radius 1 is 1.13 bits per heavy atom. The number of benzene rings is 2. The number of amides is 1. The van der Waals surface area contributed by atoms with Crippen molar-refractivity contribution in [1.82, 2.24) is 5.32 Å². The van der Waals surface area contributed by atoms with Crippen molar-refractivity contribution in [1.29, 1.82) is 0 Å². The number of para-hydroxylation sites is 1. The van der Waals surface area contributed by atoms with Gasteiger partial charge in [-0.25, -0.2) is 0 Å². The van der Waals surface area contributed by atoms with Crippen molar-refractivity contribution < 1.29 is 14.3 Å². The van der Waals surface area contributed by atoms with Crippen LogP contribution in [0.25, 0.3) is 0 Å². The maximum Gasteiger partial charge on any atom is 0.260 e. The molecule has 1 unspecified atom stereocenters. The van der Waals surface area contributed by atoms with E-state index in [0.717, 1.165) is 16.9 Å². The van der Waals surface area contributed by atoms with Crippen LogP contribution in [0.2, 0.25) is 0 Å². The molecule has 122 valence electrons. The fourth-order valence-corrected chi connectivity index (χ4v) is 2.10. The van der Waals surface area contributed by atoms with Crippen LogP contribution in [0.4, 0.5) is 0 Å². The van der Waals surface area contributed by atoms with E-state index in [1.54, 1.807) is 6.92 Å². The lowest BCUT2D eigenvalue weighted by molar-refractivity contribution is -0.127. The number of ether oxygens (including phenoxy) is 2. The molecule has 0 spiro atoms. The smallest absolute Gasteiger partial charge is 0.260 e. The molecule has 4 nitrogen and oxygen atoms in total. The highest BCUT2D eigenvalue weighted by molar-refractivity contribution is 5.80. The van der Waals surface area contributed by atoms with E-state index < -0.39 is 6.10 Å². The average Bonchev–Trinajstić information content (AvgIpc) is 2.55. The first-order chi connectivity index (χ1) is 11.1. The lowest BCUT2D eigenvalue weighted by Gasteiger charge is -2.15. The minimum atomic E-state index is -0.543. The predicted octanol–water partition coefficient (Wildman–Crippen LogP) is 3.27. The minimum absolute atomic E-state index is 0.154. The molecule has 0 aliphatic rings. The maximum absolute atomic E-state index is 12.0. The van der Waals surface area contributed by atoms with Crippen molar-refractivity contribution in [2.24, 2.45) is 0 Å². The van der Waals surface area contributed by atoms with Crippen molar-refractivity contribution in [2.75, 3.05) is 13.2 Å². The molecule has 1 amide bonds. The fourth-order valence-electron chi connectivity index (χ4n) is 2.10. The van der Waals surface area contributed by atoms with Gasteiger partial charge in [-0.15, -0.1) is 0 Å². The van der Waals surface area contributed by atoms with Gasteiger partial charge in [-0.2, -0.15) is 0 Å². The number of hydrogen-bond donors (Lipinski definition) is 1. The van der Waals surface area contributed by atoms with E-state index in [9.17, 15) is 4.79 Å². The van der Waals surface area contributed by atoms with Crippen molar-refractivity contribution in [3.63, 3.8) is 0 Å². The van der Waals surface area contributed by atoms with Crippen LogP contribution in [-0.2, 0) is 4.79 Å². The van der Waals surface area contributed by atoms with Gasteiger partial charge in [-0.05, 0) is 50.1 Å². The zero-order chi connectivity index (χ0) is 16.7. The van der Waals surface area contributed by atoms with E-state index in [-0.39, 0.29) is 5.91 Å². The van der Waals surface area contributed by atoms with Gasteiger partial charge >= 0.3 is 0 Å². The molecule has 2 aromatic rings. The molecule has 1 atom stereocenters. The van der Waals surface area contributed by atoms with Gasteiger partial charge in [0.15, 0.2) is 6.10 Å². The van der Waals surface area contributed by atoms with Gasteiger partial charge in [0, 0.05) is 0 Å². The van der Waals surface area contributed by atoms with Crippen LogP contribution >= 0.6 is 0 Å². The summed E-state index contributed by atoms with van der Waals surface area (Å²) in [5.41, 5.74) is 2.24. The zero-order valence-electron chi connectivity index (χ0n) is 13.8. The molecule has 0 bridgehead atoms. The normalized spacial score (nSPS) is 11.6. The first kappa shape index (κ1) is 16.9. The van der Waals surface area contributed by atoms with E-state index in [2.05, 4.69) is 5.32 Å². The lowest BCUT2D eigenvalue weighted by atomic mass is 10.1.